The van der Waals surface area contributed by atoms with E-state index < -0.39 is 0 Å². The Balaban J connectivity index is 2.11. The molecule has 0 saturated heterocycles. The summed E-state index contributed by atoms with van der Waals surface area (Å²) in [5.41, 5.74) is 7.23. The molecule has 4 heteroatoms. The molecule has 1 amide bonds. The number of nitrogens with two attached hydrogens (primary N) is 1. The summed E-state index contributed by atoms with van der Waals surface area (Å²) in [6.07, 6.45) is 2.81. The van der Waals surface area contributed by atoms with E-state index in [1.807, 2.05) is 44.2 Å². The zero-order valence-electron chi connectivity index (χ0n) is 11.3. The maximum atomic E-state index is 11.9. The molecule has 100 valence electrons. The number of anilines is 1. The van der Waals surface area contributed by atoms with Gasteiger partial charge >= 0.3 is 0 Å². The van der Waals surface area contributed by atoms with Crippen molar-refractivity contribution < 1.29 is 4.79 Å². The first-order valence-corrected chi connectivity index (χ1v) is 6.38. The van der Waals surface area contributed by atoms with Crippen LogP contribution < -0.4 is 11.1 Å². The van der Waals surface area contributed by atoms with Gasteiger partial charge < -0.3 is 11.1 Å². The first-order chi connectivity index (χ1) is 8.96. The van der Waals surface area contributed by atoms with E-state index in [-0.39, 0.29) is 11.4 Å². The monoisotopic (exact) mass is 257 g/mol. The number of aromatic nitrogens is 1. The maximum absolute atomic E-state index is 11.9. The van der Waals surface area contributed by atoms with Crippen LogP contribution in [0.1, 0.15) is 26.7 Å². The van der Waals surface area contributed by atoms with E-state index in [1.54, 1.807) is 6.20 Å². The lowest BCUT2D eigenvalue weighted by molar-refractivity contribution is -0.116. The first kappa shape index (κ1) is 13.5. The van der Waals surface area contributed by atoms with Gasteiger partial charge in [0.2, 0.25) is 5.91 Å². The molecule has 0 saturated carbocycles. The molecule has 0 fully saturated rings. The fraction of sp³-hybridized carbons (Fsp3) is 0.333. The average Bonchev–Trinajstić information content (AvgIpc) is 2.36. The van der Waals surface area contributed by atoms with Crippen molar-refractivity contribution in [3.8, 4) is 0 Å². The Hall–Kier alpha value is -1.94. The van der Waals surface area contributed by atoms with E-state index in [9.17, 15) is 4.79 Å². The van der Waals surface area contributed by atoms with Crippen LogP contribution >= 0.6 is 0 Å². The van der Waals surface area contributed by atoms with Gasteiger partial charge in [0.25, 0.3) is 0 Å². The summed E-state index contributed by atoms with van der Waals surface area (Å²) in [7, 11) is 0. The van der Waals surface area contributed by atoms with Crippen molar-refractivity contribution in [1.29, 1.82) is 0 Å². The minimum atomic E-state index is -0.322. The molecule has 19 heavy (non-hydrogen) atoms. The quantitative estimate of drug-likeness (QED) is 0.884. The molecule has 0 aliphatic rings. The summed E-state index contributed by atoms with van der Waals surface area (Å²) in [5.74, 6) is -0.0186. The number of carbonyl (C=O) groups is 1. The third-order valence-corrected chi connectivity index (χ3v) is 2.92. The predicted octanol–water partition coefficient (Wildman–Crippen LogP) is 2.69. The second kappa shape index (κ2) is 5.36. The predicted molar refractivity (Wildman–Crippen MR) is 77.9 cm³/mol. The van der Waals surface area contributed by atoms with E-state index in [1.165, 1.54) is 0 Å². The summed E-state index contributed by atoms with van der Waals surface area (Å²) in [6, 6.07) is 9.51. The molecule has 4 nitrogen and oxygen atoms in total. The van der Waals surface area contributed by atoms with Gasteiger partial charge in [0.1, 0.15) is 0 Å². The Labute approximate surface area is 113 Å². The number of nitrogens with zero attached hydrogens (tertiary/aromatic N) is 1. The molecule has 2 rings (SSSR count). The zero-order valence-corrected chi connectivity index (χ0v) is 11.3. The normalized spacial score (nSPS) is 11.5. The third kappa shape index (κ3) is 3.76. The molecule has 3 N–H and O–H groups in total. The van der Waals surface area contributed by atoms with Crippen molar-refractivity contribution in [3.63, 3.8) is 0 Å². The standard InChI is InChI=1S/C15H19N3O/c1-15(2,16)9-8-14(19)18-13-7-3-6-12-11(13)5-4-10-17-12/h3-7,10H,8-9,16H2,1-2H3,(H,18,19). The molecule has 1 heterocycles. The highest BCUT2D eigenvalue weighted by Gasteiger charge is 2.13. The molecule has 0 unspecified atom stereocenters. The fourth-order valence-electron chi connectivity index (χ4n) is 1.86. The molecular formula is C15H19N3O. The van der Waals surface area contributed by atoms with Crippen molar-refractivity contribution in [2.45, 2.75) is 32.2 Å². The van der Waals surface area contributed by atoms with Crippen LogP contribution in [0, 0.1) is 0 Å². The van der Waals surface area contributed by atoms with Gasteiger partial charge in [-0.1, -0.05) is 6.07 Å². The molecule has 0 aliphatic heterocycles. The molecule has 0 aliphatic carbocycles. The van der Waals surface area contributed by atoms with E-state index in [0.717, 1.165) is 16.6 Å². The van der Waals surface area contributed by atoms with Crippen LogP contribution in [-0.4, -0.2) is 16.4 Å². The Bertz CT molecular complexity index is 582. The zero-order chi connectivity index (χ0) is 13.9. The number of fused-ring (bicyclic) bond motifs is 1. The van der Waals surface area contributed by atoms with Gasteiger partial charge in [-0.05, 0) is 44.5 Å². The molecule has 0 spiro atoms. The van der Waals surface area contributed by atoms with Gasteiger partial charge in [0.15, 0.2) is 0 Å². The largest absolute Gasteiger partial charge is 0.326 e. The van der Waals surface area contributed by atoms with Crippen LogP contribution in [0.15, 0.2) is 36.5 Å². The van der Waals surface area contributed by atoms with E-state index in [2.05, 4.69) is 10.3 Å². The van der Waals surface area contributed by atoms with Crippen LogP contribution in [0.25, 0.3) is 10.9 Å². The van der Waals surface area contributed by atoms with Crippen molar-refractivity contribution in [2.75, 3.05) is 5.32 Å². The summed E-state index contributed by atoms with van der Waals surface area (Å²) in [6.45, 7) is 3.84. The van der Waals surface area contributed by atoms with E-state index in [4.69, 9.17) is 5.73 Å². The summed E-state index contributed by atoms with van der Waals surface area (Å²) in [4.78, 5) is 16.2. The number of hydrogen-bond donors (Lipinski definition) is 2. The molecule has 2 aromatic rings. The topological polar surface area (TPSA) is 68.0 Å². The van der Waals surface area contributed by atoms with Gasteiger partial charge in [-0.15, -0.1) is 0 Å². The number of benzene rings is 1. The first-order valence-electron chi connectivity index (χ1n) is 6.38. The SMILES string of the molecule is CC(C)(N)CCC(=O)Nc1cccc2ncccc12. The smallest absolute Gasteiger partial charge is 0.224 e. The number of rotatable bonds is 4. The van der Waals surface area contributed by atoms with Crippen molar-refractivity contribution in [2.24, 2.45) is 5.73 Å². The van der Waals surface area contributed by atoms with Gasteiger partial charge in [0, 0.05) is 23.5 Å². The highest BCUT2D eigenvalue weighted by Crippen LogP contribution is 2.21. The average molecular weight is 257 g/mol. The van der Waals surface area contributed by atoms with Crippen LogP contribution in [0.5, 0.6) is 0 Å². The Morgan fingerprint density at radius 1 is 1.32 bits per heavy atom. The minimum absolute atomic E-state index is 0.0186. The molecular weight excluding hydrogens is 238 g/mol. The van der Waals surface area contributed by atoms with Gasteiger partial charge in [-0.3, -0.25) is 9.78 Å². The maximum Gasteiger partial charge on any atom is 0.224 e. The van der Waals surface area contributed by atoms with Crippen LogP contribution in [0.4, 0.5) is 5.69 Å². The van der Waals surface area contributed by atoms with Crippen molar-refractivity contribution in [1.82, 2.24) is 4.98 Å². The van der Waals surface area contributed by atoms with Crippen LogP contribution in [0.3, 0.4) is 0 Å². The van der Waals surface area contributed by atoms with Crippen LogP contribution in [-0.2, 0) is 4.79 Å². The summed E-state index contributed by atoms with van der Waals surface area (Å²) in [5, 5.41) is 3.87. The van der Waals surface area contributed by atoms with Crippen molar-refractivity contribution in [3.05, 3.63) is 36.5 Å². The molecule has 1 aromatic carbocycles. The lowest BCUT2D eigenvalue weighted by Gasteiger charge is -2.17. The Morgan fingerprint density at radius 3 is 2.84 bits per heavy atom. The lowest BCUT2D eigenvalue weighted by Crippen LogP contribution is -2.33. The second-order valence-electron chi connectivity index (χ2n) is 5.41. The number of amides is 1. The highest BCUT2D eigenvalue weighted by molar-refractivity contribution is 6.00. The number of hydrogen-bond acceptors (Lipinski definition) is 3. The molecule has 0 atom stereocenters. The number of carbonyl (C=O) groups excluding carboxylic acids is 1. The molecule has 1 aromatic heterocycles. The van der Waals surface area contributed by atoms with Gasteiger partial charge in [-0.25, -0.2) is 0 Å². The Kier molecular flexibility index (Phi) is 3.81. The summed E-state index contributed by atoms with van der Waals surface area (Å²) >= 11 is 0. The molecule has 0 radical (unpaired) electrons. The fourth-order valence-corrected chi connectivity index (χ4v) is 1.86. The van der Waals surface area contributed by atoms with E-state index in [0.29, 0.717) is 12.8 Å². The van der Waals surface area contributed by atoms with Gasteiger partial charge in [-0.2, -0.15) is 0 Å². The minimum Gasteiger partial charge on any atom is -0.326 e. The molecule has 0 bridgehead atoms. The highest BCUT2D eigenvalue weighted by atomic mass is 16.1. The third-order valence-electron chi connectivity index (χ3n) is 2.92. The van der Waals surface area contributed by atoms with Crippen LogP contribution in [0.2, 0.25) is 0 Å². The summed E-state index contributed by atoms with van der Waals surface area (Å²) < 4.78 is 0. The Morgan fingerprint density at radius 2 is 2.11 bits per heavy atom. The number of pyridine rings is 1. The lowest BCUT2D eigenvalue weighted by atomic mass is 10.00. The van der Waals surface area contributed by atoms with E-state index >= 15 is 0 Å². The van der Waals surface area contributed by atoms with Crippen molar-refractivity contribution >= 4 is 22.5 Å². The number of nitrogens with one attached hydrogen (secondary N) is 1. The second-order valence-corrected chi connectivity index (χ2v) is 5.41. The van der Waals surface area contributed by atoms with Gasteiger partial charge in [0.05, 0.1) is 11.2 Å².